The van der Waals surface area contributed by atoms with Crippen molar-refractivity contribution in [3.8, 4) is 0 Å². The van der Waals surface area contributed by atoms with Crippen LogP contribution in [-0.4, -0.2) is 9.78 Å². The van der Waals surface area contributed by atoms with Gasteiger partial charge < -0.3 is 5.32 Å². The van der Waals surface area contributed by atoms with Crippen LogP contribution in [0, 0.1) is 6.92 Å². The molecule has 1 N–H and O–H groups in total. The number of rotatable bonds is 4. The molecular weight excluding hydrogens is 326 g/mol. The van der Waals surface area contributed by atoms with E-state index in [4.69, 9.17) is 11.6 Å². The zero-order chi connectivity index (χ0) is 14.0. The lowest BCUT2D eigenvalue weighted by atomic mass is 10.1. The van der Waals surface area contributed by atoms with Gasteiger partial charge in [0.05, 0.1) is 15.9 Å². The fourth-order valence-electron chi connectivity index (χ4n) is 1.99. The Kier molecular flexibility index (Phi) is 4.66. The Bertz CT molecular complexity index is 563. The number of aryl methyl sites for hydroxylation is 2. The fraction of sp³-hybridized carbons (Fsp3) is 0.357. The molecule has 1 aromatic heterocycles. The van der Waals surface area contributed by atoms with Crippen LogP contribution in [0.1, 0.15) is 29.9 Å². The van der Waals surface area contributed by atoms with E-state index >= 15 is 0 Å². The number of hydrogen-bond acceptors (Lipinski definition) is 2. The molecule has 5 heteroatoms. The predicted octanol–water partition coefficient (Wildman–Crippen LogP) is 4.00. The third-order valence-corrected chi connectivity index (χ3v) is 4.49. The molecule has 0 spiro atoms. The highest BCUT2D eigenvalue weighted by Gasteiger charge is 2.12. The minimum atomic E-state index is 0.263. The summed E-state index contributed by atoms with van der Waals surface area (Å²) in [6.07, 6.45) is 0. The van der Waals surface area contributed by atoms with Gasteiger partial charge in [-0.1, -0.05) is 23.7 Å². The molecule has 0 radical (unpaired) electrons. The molecular formula is C14H17BrClN3. The summed E-state index contributed by atoms with van der Waals surface area (Å²) in [6.45, 7) is 4.90. The number of nitrogens with zero attached hydrogens (tertiary/aromatic N) is 2. The minimum Gasteiger partial charge on any atom is -0.305 e. The van der Waals surface area contributed by atoms with Crippen LogP contribution >= 0.6 is 27.5 Å². The molecule has 0 unspecified atom stereocenters. The molecule has 0 saturated heterocycles. The third-order valence-electron chi connectivity index (χ3n) is 3.21. The molecule has 1 atom stereocenters. The molecule has 2 aromatic rings. The zero-order valence-corrected chi connectivity index (χ0v) is 13.6. The van der Waals surface area contributed by atoms with Crippen molar-refractivity contribution < 1.29 is 0 Å². The van der Waals surface area contributed by atoms with E-state index in [1.165, 1.54) is 5.56 Å². The zero-order valence-electron chi connectivity index (χ0n) is 11.2. The van der Waals surface area contributed by atoms with Crippen molar-refractivity contribution in [2.45, 2.75) is 26.4 Å². The molecule has 0 aliphatic heterocycles. The lowest BCUT2D eigenvalue weighted by Crippen LogP contribution is -2.20. The number of benzene rings is 1. The van der Waals surface area contributed by atoms with E-state index in [-0.39, 0.29) is 6.04 Å². The van der Waals surface area contributed by atoms with Gasteiger partial charge >= 0.3 is 0 Å². The van der Waals surface area contributed by atoms with Crippen molar-refractivity contribution >= 4 is 27.5 Å². The van der Waals surface area contributed by atoms with Crippen molar-refractivity contribution in [2.75, 3.05) is 0 Å². The summed E-state index contributed by atoms with van der Waals surface area (Å²) < 4.78 is 2.98. The molecule has 0 saturated carbocycles. The molecule has 19 heavy (non-hydrogen) atoms. The van der Waals surface area contributed by atoms with Crippen LogP contribution in [0.5, 0.6) is 0 Å². The summed E-state index contributed by atoms with van der Waals surface area (Å²) in [4.78, 5) is 0. The van der Waals surface area contributed by atoms with Gasteiger partial charge in [0.2, 0.25) is 0 Å². The van der Waals surface area contributed by atoms with Gasteiger partial charge in [-0.25, -0.2) is 0 Å². The predicted molar refractivity (Wildman–Crippen MR) is 82.4 cm³/mol. The molecule has 1 aromatic carbocycles. The van der Waals surface area contributed by atoms with Crippen LogP contribution in [-0.2, 0) is 13.6 Å². The van der Waals surface area contributed by atoms with E-state index in [2.05, 4.69) is 33.3 Å². The number of halogens is 2. The molecule has 0 amide bonds. The summed E-state index contributed by atoms with van der Waals surface area (Å²) in [7, 11) is 1.96. The van der Waals surface area contributed by atoms with Gasteiger partial charge in [-0.3, -0.25) is 4.68 Å². The van der Waals surface area contributed by atoms with Gasteiger partial charge in [0.15, 0.2) is 0 Å². The molecule has 3 nitrogen and oxygen atoms in total. The fourth-order valence-corrected chi connectivity index (χ4v) is 2.59. The average Bonchev–Trinajstić information content (AvgIpc) is 2.62. The standard InChI is InChI=1S/C14H17BrClN3/c1-9(11-4-6-12(16)7-5-11)17-8-13-14(15)10(2)18-19(13)3/h4-7,9,17H,8H2,1-3H3/t9-/m0/s1. The SMILES string of the molecule is Cc1nn(C)c(CN[C@@H](C)c2ccc(Cl)cc2)c1Br. The summed E-state index contributed by atoms with van der Waals surface area (Å²) in [5.41, 5.74) is 3.39. The largest absolute Gasteiger partial charge is 0.305 e. The van der Waals surface area contributed by atoms with E-state index in [9.17, 15) is 0 Å². The molecule has 1 heterocycles. The summed E-state index contributed by atoms with van der Waals surface area (Å²) in [6, 6.07) is 8.19. The molecule has 0 aliphatic rings. The maximum absolute atomic E-state index is 5.90. The summed E-state index contributed by atoms with van der Waals surface area (Å²) >= 11 is 9.47. The first-order valence-electron chi connectivity index (χ1n) is 6.16. The van der Waals surface area contributed by atoms with E-state index in [1.807, 2.05) is 42.9 Å². The maximum atomic E-state index is 5.90. The Hall–Kier alpha value is -0.840. The van der Waals surface area contributed by atoms with Crippen molar-refractivity contribution in [1.29, 1.82) is 0 Å². The van der Waals surface area contributed by atoms with Crippen molar-refractivity contribution in [3.63, 3.8) is 0 Å². The first-order valence-corrected chi connectivity index (χ1v) is 7.33. The van der Waals surface area contributed by atoms with Gasteiger partial charge in [-0.2, -0.15) is 5.10 Å². The third kappa shape index (κ3) is 3.38. The smallest absolute Gasteiger partial charge is 0.0739 e. The Labute approximate surface area is 127 Å². The summed E-state index contributed by atoms with van der Waals surface area (Å²) in [5.74, 6) is 0. The van der Waals surface area contributed by atoms with E-state index in [0.29, 0.717) is 0 Å². The monoisotopic (exact) mass is 341 g/mol. The quantitative estimate of drug-likeness (QED) is 0.910. The first-order chi connectivity index (χ1) is 8.99. The topological polar surface area (TPSA) is 29.9 Å². The van der Waals surface area contributed by atoms with E-state index < -0.39 is 0 Å². The number of hydrogen-bond donors (Lipinski definition) is 1. The Balaban J connectivity index is 2.04. The van der Waals surface area contributed by atoms with E-state index in [0.717, 1.165) is 27.4 Å². The minimum absolute atomic E-state index is 0.263. The highest BCUT2D eigenvalue weighted by molar-refractivity contribution is 9.10. The molecule has 102 valence electrons. The maximum Gasteiger partial charge on any atom is 0.0739 e. The lowest BCUT2D eigenvalue weighted by Gasteiger charge is -2.14. The highest BCUT2D eigenvalue weighted by atomic mass is 79.9. The van der Waals surface area contributed by atoms with Crippen LogP contribution in [0.2, 0.25) is 5.02 Å². The van der Waals surface area contributed by atoms with E-state index in [1.54, 1.807) is 0 Å². The second-order valence-corrected chi connectivity index (χ2v) is 5.85. The van der Waals surface area contributed by atoms with Crippen LogP contribution in [0.4, 0.5) is 0 Å². The Morgan fingerprint density at radius 1 is 1.37 bits per heavy atom. The highest BCUT2D eigenvalue weighted by Crippen LogP contribution is 2.21. The summed E-state index contributed by atoms with van der Waals surface area (Å²) in [5, 5.41) is 8.65. The average molecular weight is 343 g/mol. The van der Waals surface area contributed by atoms with Gasteiger partial charge in [0.25, 0.3) is 0 Å². The van der Waals surface area contributed by atoms with Gasteiger partial charge in [0, 0.05) is 24.7 Å². The van der Waals surface area contributed by atoms with Crippen molar-refractivity contribution in [1.82, 2.24) is 15.1 Å². The lowest BCUT2D eigenvalue weighted by molar-refractivity contribution is 0.547. The van der Waals surface area contributed by atoms with Gasteiger partial charge in [-0.15, -0.1) is 0 Å². The molecule has 0 bridgehead atoms. The van der Waals surface area contributed by atoms with Crippen molar-refractivity contribution in [2.24, 2.45) is 7.05 Å². The van der Waals surface area contributed by atoms with Crippen LogP contribution < -0.4 is 5.32 Å². The molecule has 0 aliphatic carbocycles. The first kappa shape index (κ1) is 14.6. The molecule has 0 fully saturated rings. The number of nitrogens with one attached hydrogen (secondary N) is 1. The van der Waals surface area contributed by atoms with Crippen LogP contribution in [0.3, 0.4) is 0 Å². The Morgan fingerprint density at radius 2 is 2.00 bits per heavy atom. The Morgan fingerprint density at radius 3 is 2.53 bits per heavy atom. The van der Waals surface area contributed by atoms with Crippen molar-refractivity contribution in [3.05, 3.63) is 50.7 Å². The van der Waals surface area contributed by atoms with Gasteiger partial charge in [-0.05, 0) is 47.5 Å². The van der Waals surface area contributed by atoms with Crippen LogP contribution in [0.25, 0.3) is 0 Å². The van der Waals surface area contributed by atoms with Crippen LogP contribution in [0.15, 0.2) is 28.7 Å². The van der Waals surface area contributed by atoms with Gasteiger partial charge in [0.1, 0.15) is 0 Å². The number of aromatic nitrogens is 2. The molecule has 2 rings (SSSR count). The second-order valence-electron chi connectivity index (χ2n) is 4.62. The normalized spacial score (nSPS) is 12.7. The second kappa shape index (κ2) is 6.07.